The highest BCUT2D eigenvalue weighted by atomic mass is 15.3. The van der Waals surface area contributed by atoms with Gasteiger partial charge in [-0.2, -0.15) is 0 Å². The molecule has 2 heterocycles. The van der Waals surface area contributed by atoms with E-state index in [9.17, 15) is 0 Å². The molecule has 2 aliphatic rings. The van der Waals surface area contributed by atoms with Crippen LogP contribution in [0.15, 0.2) is 0 Å². The van der Waals surface area contributed by atoms with Crippen molar-refractivity contribution in [1.82, 2.24) is 15.1 Å². The Hall–Kier alpha value is -0.120. The second kappa shape index (κ2) is 4.60. The first kappa shape index (κ1) is 10.4. The predicted molar refractivity (Wildman–Crippen MR) is 59.6 cm³/mol. The SMILES string of the molecule is CCC1CNCCC2CN(C)CCN12. The van der Waals surface area contributed by atoms with Gasteiger partial charge in [0.2, 0.25) is 0 Å². The highest BCUT2D eigenvalue weighted by Crippen LogP contribution is 2.18. The fourth-order valence-corrected chi connectivity index (χ4v) is 2.80. The van der Waals surface area contributed by atoms with Gasteiger partial charge in [0, 0.05) is 38.3 Å². The number of fused-ring (bicyclic) bond motifs is 1. The van der Waals surface area contributed by atoms with Gasteiger partial charge >= 0.3 is 0 Å². The molecule has 0 aromatic heterocycles. The molecule has 0 radical (unpaired) electrons. The van der Waals surface area contributed by atoms with Crippen molar-refractivity contribution >= 4 is 0 Å². The Labute approximate surface area is 87.4 Å². The number of hydrogen-bond acceptors (Lipinski definition) is 3. The number of hydrogen-bond donors (Lipinski definition) is 1. The highest BCUT2D eigenvalue weighted by molar-refractivity contribution is 4.88. The minimum absolute atomic E-state index is 0.774. The molecule has 14 heavy (non-hydrogen) atoms. The van der Waals surface area contributed by atoms with E-state index in [1.165, 1.54) is 45.6 Å². The molecule has 3 nitrogen and oxygen atoms in total. The predicted octanol–water partition coefficient (Wildman–Crippen LogP) is 0.374. The smallest absolute Gasteiger partial charge is 0.0239 e. The molecule has 2 rings (SSSR count). The third-order valence-electron chi connectivity index (χ3n) is 3.71. The maximum Gasteiger partial charge on any atom is 0.0239 e. The Morgan fingerprint density at radius 2 is 2.21 bits per heavy atom. The van der Waals surface area contributed by atoms with Crippen molar-refractivity contribution in [2.24, 2.45) is 0 Å². The average molecular weight is 197 g/mol. The van der Waals surface area contributed by atoms with Gasteiger partial charge in [0.1, 0.15) is 0 Å². The van der Waals surface area contributed by atoms with Gasteiger partial charge in [-0.3, -0.25) is 4.90 Å². The summed E-state index contributed by atoms with van der Waals surface area (Å²) in [7, 11) is 2.25. The molecule has 82 valence electrons. The van der Waals surface area contributed by atoms with E-state index in [2.05, 4.69) is 29.1 Å². The molecule has 1 N–H and O–H groups in total. The van der Waals surface area contributed by atoms with E-state index in [4.69, 9.17) is 0 Å². The number of nitrogens with one attached hydrogen (secondary N) is 1. The van der Waals surface area contributed by atoms with Gasteiger partial charge in [-0.25, -0.2) is 0 Å². The standard InChI is InChI=1S/C11H23N3/c1-3-10-8-12-5-4-11-9-13(2)6-7-14(10)11/h10-12H,3-9H2,1-2H3. The molecule has 0 aliphatic carbocycles. The van der Waals surface area contributed by atoms with E-state index in [0.717, 1.165) is 12.1 Å². The summed E-state index contributed by atoms with van der Waals surface area (Å²) in [6, 6.07) is 1.57. The zero-order chi connectivity index (χ0) is 9.97. The van der Waals surface area contributed by atoms with Crippen LogP contribution in [0.3, 0.4) is 0 Å². The van der Waals surface area contributed by atoms with Gasteiger partial charge in [-0.15, -0.1) is 0 Å². The van der Waals surface area contributed by atoms with Crippen molar-refractivity contribution in [2.45, 2.75) is 31.8 Å². The number of likely N-dealkylation sites (N-methyl/N-ethyl adjacent to an activating group) is 1. The average Bonchev–Trinajstić information content (AvgIpc) is 2.38. The third kappa shape index (κ3) is 2.10. The molecular weight excluding hydrogens is 174 g/mol. The highest BCUT2D eigenvalue weighted by Gasteiger charge is 2.31. The lowest BCUT2D eigenvalue weighted by atomic mass is 10.1. The second-order valence-corrected chi connectivity index (χ2v) is 4.71. The van der Waals surface area contributed by atoms with E-state index in [0.29, 0.717) is 0 Å². The van der Waals surface area contributed by atoms with Crippen molar-refractivity contribution in [3.63, 3.8) is 0 Å². The topological polar surface area (TPSA) is 18.5 Å². The molecule has 0 aromatic rings. The van der Waals surface area contributed by atoms with Crippen LogP contribution < -0.4 is 5.32 Å². The normalized spacial score (nSPS) is 36.4. The van der Waals surface area contributed by atoms with Gasteiger partial charge in [-0.05, 0) is 26.4 Å². The maximum atomic E-state index is 3.56. The first-order valence-electron chi connectivity index (χ1n) is 5.96. The molecule has 0 aromatic carbocycles. The number of rotatable bonds is 1. The summed E-state index contributed by atoms with van der Waals surface area (Å²) in [6.45, 7) is 8.47. The largest absolute Gasteiger partial charge is 0.315 e. The van der Waals surface area contributed by atoms with Crippen LogP contribution in [0, 0.1) is 0 Å². The van der Waals surface area contributed by atoms with Crippen LogP contribution in [0.5, 0.6) is 0 Å². The van der Waals surface area contributed by atoms with E-state index in [1.54, 1.807) is 0 Å². The molecule has 2 saturated heterocycles. The summed E-state index contributed by atoms with van der Waals surface area (Å²) in [5.74, 6) is 0. The first-order chi connectivity index (χ1) is 6.81. The Balaban J connectivity index is 2.03. The Morgan fingerprint density at radius 1 is 1.36 bits per heavy atom. The van der Waals surface area contributed by atoms with Crippen LogP contribution in [0.4, 0.5) is 0 Å². The van der Waals surface area contributed by atoms with Gasteiger partial charge in [0.25, 0.3) is 0 Å². The van der Waals surface area contributed by atoms with Crippen LogP contribution >= 0.6 is 0 Å². The van der Waals surface area contributed by atoms with Crippen LogP contribution in [-0.2, 0) is 0 Å². The second-order valence-electron chi connectivity index (χ2n) is 4.71. The summed E-state index contributed by atoms with van der Waals surface area (Å²) in [5.41, 5.74) is 0. The van der Waals surface area contributed by atoms with Crippen LogP contribution in [0.1, 0.15) is 19.8 Å². The number of piperazine rings is 1. The van der Waals surface area contributed by atoms with Crippen LogP contribution in [-0.4, -0.2) is 61.7 Å². The maximum absolute atomic E-state index is 3.56. The quantitative estimate of drug-likeness (QED) is 0.655. The molecule has 0 saturated carbocycles. The molecule has 2 unspecified atom stereocenters. The van der Waals surface area contributed by atoms with Crippen LogP contribution in [0.25, 0.3) is 0 Å². The lowest BCUT2D eigenvalue weighted by molar-refractivity contribution is 0.0579. The van der Waals surface area contributed by atoms with Crippen molar-refractivity contribution < 1.29 is 0 Å². The van der Waals surface area contributed by atoms with E-state index in [-0.39, 0.29) is 0 Å². The van der Waals surface area contributed by atoms with Gasteiger partial charge in [0.05, 0.1) is 0 Å². The summed E-state index contributed by atoms with van der Waals surface area (Å²) in [5, 5.41) is 3.56. The third-order valence-corrected chi connectivity index (χ3v) is 3.71. The van der Waals surface area contributed by atoms with Crippen molar-refractivity contribution in [2.75, 3.05) is 39.8 Å². The van der Waals surface area contributed by atoms with E-state index >= 15 is 0 Å². The molecule has 2 atom stereocenters. The Morgan fingerprint density at radius 3 is 3.00 bits per heavy atom. The van der Waals surface area contributed by atoms with Crippen molar-refractivity contribution in [3.8, 4) is 0 Å². The molecule has 2 fully saturated rings. The molecule has 3 heteroatoms. The molecule has 0 bridgehead atoms. The molecule has 0 spiro atoms. The summed E-state index contributed by atoms with van der Waals surface area (Å²) >= 11 is 0. The van der Waals surface area contributed by atoms with Gasteiger partial charge < -0.3 is 10.2 Å². The lowest BCUT2D eigenvalue weighted by Gasteiger charge is -2.42. The Bertz CT molecular complexity index is 183. The zero-order valence-electron chi connectivity index (χ0n) is 9.50. The minimum atomic E-state index is 0.774. The zero-order valence-corrected chi connectivity index (χ0v) is 9.50. The molecular formula is C11H23N3. The van der Waals surface area contributed by atoms with Gasteiger partial charge in [0.15, 0.2) is 0 Å². The fraction of sp³-hybridized carbons (Fsp3) is 1.00. The fourth-order valence-electron chi connectivity index (χ4n) is 2.80. The van der Waals surface area contributed by atoms with Crippen LogP contribution in [0.2, 0.25) is 0 Å². The summed E-state index contributed by atoms with van der Waals surface area (Å²) < 4.78 is 0. The Kier molecular flexibility index (Phi) is 3.42. The lowest BCUT2D eigenvalue weighted by Crippen LogP contribution is -2.55. The first-order valence-corrected chi connectivity index (χ1v) is 5.96. The molecule has 0 amide bonds. The minimum Gasteiger partial charge on any atom is -0.315 e. The van der Waals surface area contributed by atoms with Crippen molar-refractivity contribution in [1.29, 1.82) is 0 Å². The van der Waals surface area contributed by atoms with E-state index < -0.39 is 0 Å². The molecule has 2 aliphatic heterocycles. The van der Waals surface area contributed by atoms with E-state index in [1.807, 2.05) is 0 Å². The van der Waals surface area contributed by atoms with Crippen molar-refractivity contribution in [3.05, 3.63) is 0 Å². The number of nitrogens with zero attached hydrogens (tertiary/aromatic N) is 2. The summed E-state index contributed by atoms with van der Waals surface area (Å²) in [6.07, 6.45) is 2.61. The van der Waals surface area contributed by atoms with Gasteiger partial charge in [-0.1, -0.05) is 6.92 Å². The monoisotopic (exact) mass is 197 g/mol. The summed E-state index contributed by atoms with van der Waals surface area (Å²) in [4.78, 5) is 5.21.